The van der Waals surface area contributed by atoms with Gasteiger partial charge in [0.05, 0.1) is 17.7 Å². The van der Waals surface area contributed by atoms with Crippen LogP contribution >= 0.6 is 0 Å². The molecule has 29 heavy (non-hydrogen) atoms. The number of nitrogens with zero attached hydrogens (tertiary/aromatic N) is 1. The average molecular weight is 388 g/mol. The SMILES string of the molecule is O=C(NCc1cc(-c2ccccc2F)on1)c1ccccc1Oc1ccccc1. The maximum Gasteiger partial charge on any atom is 0.255 e. The first-order valence-corrected chi connectivity index (χ1v) is 9.01. The Morgan fingerprint density at radius 2 is 1.69 bits per heavy atom. The molecule has 5 nitrogen and oxygen atoms in total. The third kappa shape index (κ3) is 4.32. The van der Waals surface area contributed by atoms with Gasteiger partial charge in [-0.15, -0.1) is 0 Å². The molecule has 1 aromatic heterocycles. The van der Waals surface area contributed by atoms with Gasteiger partial charge in [0.15, 0.2) is 5.76 Å². The van der Waals surface area contributed by atoms with E-state index in [2.05, 4.69) is 10.5 Å². The molecule has 0 saturated heterocycles. The number of halogens is 1. The topological polar surface area (TPSA) is 64.4 Å². The van der Waals surface area contributed by atoms with Crippen molar-refractivity contribution >= 4 is 5.91 Å². The molecule has 0 aliphatic rings. The maximum atomic E-state index is 13.9. The summed E-state index contributed by atoms with van der Waals surface area (Å²) in [7, 11) is 0. The number of amides is 1. The Morgan fingerprint density at radius 3 is 2.52 bits per heavy atom. The van der Waals surface area contributed by atoms with E-state index in [4.69, 9.17) is 9.26 Å². The third-order valence-corrected chi connectivity index (χ3v) is 4.23. The Balaban J connectivity index is 1.45. The van der Waals surface area contributed by atoms with Crippen LogP contribution in [0.4, 0.5) is 4.39 Å². The summed E-state index contributed by atoms with van der Waals surface area (Å²) in [6.07, 6.45) is 0. The van der Waals surface area contributed by atoms with Gasteiger partial charge in [0, 0.05) is 6.07 Å². The van der Waals surface area contributed by atoms with Crippen molar-refractivity contribution in [1.82, 2.24) is 10.5 Å². The second kappa shape index (κ2) is 8.39. The van der Waals surface area contributed by atoms with Crippen LogP contribution in [-0.2, 0) is 6.54 Å². The van der Waals surface area contributed by atoms with Gasteiger partial charge >= 0.3 is 0 Å². The van der Waals surface area contributed by atoms with Crippen molar-refractivity contribution in [2.75, 3.05) is 0 Å². The lowest BCUT2D eigenvalue weighted by Gasteiger charge is -2.10. The molecule has 144 valence electrons. The molecule has 0 aliphatic heterocycles. The van der Waals surface area contributed by atoms with Crippen molar-refractivity contribution in [2.45, 2.75) is 6.54 Å². The fourth-order valence-electron chi connectivity index (χ4n) is 2.81. The van der Waals surface area contributed by atoms with Crippen LogP contribution in [0, 0.1) is 5.82 Å². The molecule has 0 spiro atoms. The van der Waals surface area contributed by atoms with E-state index < -0.39 is 5.82 Å². The summed E-state index contributed by atoms with van der Waals surface area (Å²) < 4.78 is 24.9. The lowest BCUT2D eigenvalue weighted by Crippen LogP contribution is -2.23. The van der Waals surface area contributed by atoms with Gasteiger partial charge in [-0.05, 0) is 36.4 Å². The van der Waals surface area contributed by atoms with E-state index in [-0.39, 0.29) is 12.5 Å². The minimum Gasteiger partial charge on any atom is -0.457 e. The molecule has 0 fully saturated rings. The number of nitrogens with one attached hydrogen (secondary N) is 1. The normalized spacial score (nSPS) is 10.5. The van der Waals surface area contributed by atoms with Gasteiger partial charge in [0.25, 0.3) is 5.91 Å². The summed E-state index contributed by atoms with van der Waals surface area (Å²) in [6, 6.07) is 24.1. The van der Waals surface area contributed by atoms with Crippen LogP contribution < -0.4 is 10.1 Å². The predicted molar refractivity (Wildman–Crippen MR) is 106 cm³/mol. The highest BCUT2D eigenvalue weighted by atomic mass is 19.1. The van der Waals surface area contributed by atoms with E-state index >= 15 is 0 Å². The minimum atomic E-state index is -0.397. The zero-order valence-electron chi connectivity index (χ0n) is 15.3. The molecule has 0 bridgehead atoms. The Morgan fingerprint density at radius 1 is 0.966 bits per heavy atom. The van der Waals surface area contributed by atoms with Gasteiger partial charge in [-0.1, -0.05) is 47.6 Å². The second-order valence-corrected chi connectivity index (χ2v) is 6.26. The first-order valence-electron chi connectivity index (χ1n) is 9.01. The fraction of sp³-hybridized carbons (Fsp3) is 0.0435. The predicted octanol–water partition coefficient (Wildman–Crippen LogP) is 5.20. The Kier molecular flexibility index (Phi) is 5.33. The summed E-state index contributed by atoms with van der Waals surface area (Å²) in [6.45, 7) is 0.135. The Hall–Kier alpha value is -3.93. The lowest BCUT2D eigenvalue weighted by molar-refractivity contribution is 0.0948. The molecule has 0 atom stereocenters. The number of carbonyl (C=O) groups excluding carboxylic acids is 1. The number of benzene rings is 3. The molecule has 0 saturated carbocycles. The van der Waals surface area contributed by atoms with Crippen molar-refractivity contribution in [3.63, 3.8) is 0 Å². The number of hydrogen-bond acceptors (Lipinski definition) is 4. The van der Waals surface area contributed by atoms with Gasteiger partial charge in [-0.2, -0.15) is 0 Å². The highest BCUT2D eigenvalue weighted by molar-refractivity contribution is 5.96. The molecular weight excluding hydrogens is 371 g/mol. The Labute approximate surface area is 166 Å². The van der Waals surface area contributed by atoms with Crippen molar-refractivity contribution < 1.29 is 18.4 Å². The summed E-state index contributed by atoms with van der Waals surface area (Å²) in [5, 5.41) is 6.69. The van der Waals surface area contributed by atoms with E-state index in [0.717, 1.165) is 0 Å². The smallest absolute Gasteiger partial charge is 0.255 e. The molecule has 6 heteroatoms. The van der Waals surface area contributed by atoms with Gasteiger partial charge in [0.2, 0.25) is 0 Å². The van der Waals surface area contributed by atoms with Crippen LogP contribution in [0.15, 0.2) is 89.5 Å². The number of para-hydroxylation sites is 2. The van der Waals surface area contributed by atoms with Gasteiger partial charge in [-0.3, -0.25) is 4.79 Å². The summed E-state index contributed by atoms with van der Waals surface area (Å²) in [5.41, 5.74) is 1.20. The van der Waals surface area contributed by atoms with Gasteiger partial charge in [-0.25, -0.2) is 4.39 Å². The first kappa shape index (κ1) is 18.4. The highest BCUT2D eigenvalue weighted by Crippen LogP contribution is 2.26. The molecule has 3 aromatic carbocycles. The number of rotatable bonds is 6. The molecule has 4 aromatic rings. The van der Waals surface area contributed by atoms with Gasteiger partial charge in [0.1, 0.15) is 23.0 Å². The Bertz CT molecular complexity index is 1130. The van der Waals surface area contributed by atoms with Crippen LogP contribution in [0.25, 0.3) is 11.3 Å². The molecular formula is C23H17FN2O3. The minimum absolute atomic E-state index is 0.135. The zero-order valence-corrected chi connectivity index (χ0v) is 15.3. The van der Waals surface area contributed by atoms with Crippen molar-refractivity contribution in [1.29, 1.82) is 0 Å². The van der Waals surface area contributed by atoms with Crippen LogP contribution in [0.3, 0.4) is 0 Å². The molecule has 4 rings (SSSR count). The van der Waals surface area contributed by atoms with E-state index in [1.165, 1.54) is 6.07 Å². The van der Waals surface area contributed by atoms with Gasteiger partial charge < -0.3 is 14.6 Å². The number of ether oxygens (including phenoxy) is 1. The third-order valence-electron chi connectivity index (χ3n) is 4.23. The quantitative estimate of drug-likeness (QED) is 0.493. The number of carbonyl (C=O) groups is 1. The molecule has 0 radical (unpaired) electrons. The first-order chi connectivity index (χ1) is 14.2. The van der Waals surface area contributed by atoms with E-state index in [1.54, 1.807) is 48.5 Å². The van der Waals surface area contributed by atoms with Crippen molar-refractivity contribution in [2.24, 2.45) is 0 Å². The van der Waals surface area contributed by atoms with E-state index in [9.17, 15) is 9.18 Å². The van der Waals surface area contributed by atoms with Crippen LogP contribution in [-0.4, -0.2) is 11.1 Å². The van der Waals surface area contributed by atoms with E-state index in [0.29, 0.717) is 34.1 Å². The lowest BCUT2D eigenvalue weighted by atomic mass is 10.1. The molecule has 1 heterocycles. The number of hydrogen-bond donors (Lipinski definition) is 1. The summed E-state index contributed by atoms with van der Waals surface area (Å²) in [4.78, 5) is 12.7. The largest absolute Gasteiger partial charge is 0.457 e. The van der Waals surface area contributed by atoms with Crippen LogP contribution in [0.5, 0.6) is 11.5 Å². The standard InChI is InChI=1S/C23H17FN2O3/c24-20-12-6-4-10-18(20)22-14-16(26-29-22)15-25-23(27)19-11-5-7-13-21(19)28-17-8-2-1-3-9-17/h1-14H,15H2,(H,25,27). The average Bonchev–Trinajstić information content (AvgIpc) is 3.22. The van der Waals surface area contributed by atoms with Crippen LogP contribution in [0.1, 0.15) is 16.1 Å². The van der Waals surface area contributed by atoms with Crippen molar-refractivity contribution in [3.05, 3.63) is 102 Å². The zero-order chi connectivity index (χ0) is 20.1. The second-order valence-electron chi connectivity index (χ2n) is 6.26. The summed E-state index contributed by atoms with van der Waals surface area (Å²) in [5.74, 6) is 0.681. The summed E-state index contributed by atoms with van der Waals surface area (Å²) >= 11 is 0. The molecule has 1 N–H and O–H groups in total. The highest BCUT2D eigenvalue weighted by Gasteiger charge is 2.15. The molecule has 0 unspecified atom stereocenters. The molecule has 1 amide bonds. The maximum absolute atomic E-state index is 13.9. The van der Waals surface area contributed by atoms with Crippen molar-refractivity contribution in [3.8, 4) is 22.8 Å². The van der Waals surface area contributed by atoms with Crippen LogP contribution in [0.2, 0.25) is 0 Å². The monoisotopic (exact) mass is 388 g/mol. The number of aromatic nitrogens is 1. The van der Waals surface area contributed by atoms with E-state index in [1.807, 2.05) is 30.3 Å². The molecule has 0 aliphatic carbocycles. The fourth-order valence-corrected chi connectivity index (χ4v) is 2.81.